The molecule has 32 heavy (non-hydrogen) atoms. The Morgan fingerprint density at radius 1 is 0.938 bits per heavy atom. The number of carbonyl (C=O) groups excluding carboxylic acids is 2. The molecule has 164 valence electrons. The van der Waals surface area contributed by atoms with Crippen LogP contribution in [0.25, 0.3) is 0 Å². The van der Waals surface area contributed by atoms with E-state index in [1.54, 1.807) is 60.7 Å². The number of anilines is 1. The second kappa shape index (κ2) is 10.1. The van der Waals surface area contributed by atoms with Gasteiger partial charge in [0.1, 0.15) is 0 Å². The molecule has 0 amide bonds. The molecular formula is C25H23NO5S. The van der Waals surface area contributed by atoms with Crippen molar-refractivity contribution in [3.8, 4) is 0 Å². The third kappa shape index (κ3) is 5.12. The van der Waals surface area contributed by atoms with Crippen molar-refractivity contribution in [2.75, 3.05) is 10.8 Å². The molecule has 1 atom stereocenters. The number of ketones is 1. The second-order valence-electron chi connectivity index (χ2n) is 6.97. The van der Waals surface area contributed by atoms with Gasteiger partial charge in [0.05, 0.1) is 22.7 Å². The van der Waals surface area contributed by atoms with E-state index in [4.69, 9.17) is 4.74 Å². The molecule has 0 aliphatic carbocycles. The fourth-order valence-corrected chi connectivity index (χ4v) is 4.57. The van der Waals surface area contributed by atoms with Crippen LogP contribution < -0.4 is 4.31 Å². The number of hydrogen-bond acceptors (Lipinski definition) is 5. The zero-order valence-electron chi connectivity index (χ0n) is 17.5. The summed E-state index contributed by atoms with van der Waals surface area (Å²) in [5.74, 6) is -1.13. The van der Waals surface area contributed by atoms with E-state index in [1.165, 1.54) is 41.6 Å². The first-order chi connectivity index (χ1) is 15.3. The van der Waals surface area contributed by atoms with E-state index in [9.17, 15) is 18.0 Å². The van der Waals surface area contributed by atoms with Crippen LogP contribution in [0.4, 0.5) is 5.69 Å². The van der Waals surface area contributed by atoms with Crippen molar-refractivity contribution >= 4 is 27.5 Å². The highest BCUT2D eigenvalue weighted by Crippen LogP contribution is 2.24. The maximum atomic E-state index is 13.3. The average molecular weight is 450 g/mol. The lowest BCUT2D eigenvalue weighted by Crippen LogP contribution is -2.31. The molecule has 3 aromatic rings. The molecule has 0 radical (unpaired) electrons. The first kappa shape index (κ1) is 23.0. The van der Waals surface area contributed by atoms with Crippen LogP contribution in [-0.4, -0.2) is 32.8 Å². The quantitative estimate of drug-likeness (QED) is 0.273. The maximum Gasteiger partial charge on any atom is 0.338 e. The van der Waals surface area contributed by atoms with Gasteiger partial charge in [-0.05, 0) is 37.3 Å². The number of rotatable bonds is 9. The van der Waals surface area contributed by atoms with Crippen LogP contribution in [0, 0.1) is 0 Å². The van der Waals surface area contributed by atoms with E-state index in [-0.39, 0.29) is 22.8 Å². The Hall–Kier alpha value is -3.71. The lowest BCUT2D eigenvalue weighted by molar-refractivity contribution is 0.0318. The molecule has 0 saturated carbocycles. The van der Waals surface area contributed by atoms with Crippen molar-refractivity contribution < 1.29 is 22.7 Å². The van der Waals surface area contributed by atoms with Crippen LogP contribution >= 0.6 is 0 Å². The van der Waals surface area contributed by atoms with Gasteiger partial charge in [-0.3, -0.25) is 9.10 Å². The minimum atomic E-state index is -3.97. The Bertz CT molecular complexity index is 1210. The Labute approximate surface area is 187 Å². The van der Waals surface area contributed by atoms with Gasteiger partial charge in [0.2, 0.25) is 5.78 Å². The molecule has 6 nitrogen and oxygen atoms in total. The number of para-hydroxylation sites is 1. The number of benzene rings is 3. The molecule has 3 rings (SSSR count). The maximum absolute atomic E-state index is 13.3. The van der Waals surface area contributed by atoms with E-state index in [0.29, 0.717) is 11.3 Å². The fourth-order valence-electron chi connectivity index (χ4n) is 3.08. The number of Topliss-reactive ketones (excluding diaryl/α,β-unsaturated/α-hetero) is 1. The van der Waals surface area contributed by atoms with Crippen LogP contribution in [0.1, 0.15) is 27.6 Å². The van der Waals surface area contributed by atoms with E-state index in [1.807, 2.05) is 0 Å². The van der Waals surface area contributed by atoms with Crippen LogP contribution in [-0.2, 0) is 14.8 Å². The average Bonchev–Trinajstić information content (AvgIpc) is 2.83. The molecule has 0 saturated heterocycles. The van der Waals surface area contributed by atoms with Gasteiger partial charge in [0.25, 0.3) is 10.0 Å². The first-order valence-electron chi connectivity index (χ1n) is 9.93. The third-order valence-corrected chi connectivity index (χ3v) is 6.50. The van der Waals surface area contributed by atoms with E-state index in [0.717, 1.165) is 0 Å². The van der Waals surface area contributed by atoms with E-state index >= 15 is 0 Å². The highest BCUT2D eigenvalue weighted by atomic mass is 32.2. The Morgan fingerprint density at radius 3 is 2.16 bits per heavy atom. The van der Waals surface area contributed by atoms with Crippen LogP contribution in [0.3, 0.4) is 0 Å². The molecular weight excluding hydrogens is 426 g/mol. The molecule has 0 spiro atoms. The van der Waals surface area contributed by atoms with Crippen LogP contribution in [0.5, 0.6) is 0 Å². The van der Waals surface area contributed by atoms with Crippen molar-refractivity contribution in [3.05, 3.63) is 109 Å². The van der Waals surface area contributed by atoms with Crippen LogP contribution in [0.15, 0.2) is 102 Å². The van der Waals surface area contributed by atoms with Crippen molar-refractivity contribution in [2.24, 2.45) is 0 Å². The number of esters is 1. The molecule has 0 aliphatic heterocycles. The Balaban J connectivity index is 1.84. The van der Waals surface area contributed by atoms with Crippen molar-refractivity contribution in [2.45, 2.75) is 17.9 Å². The number of ether oxygens (including phenoxy) is 1. The summed E-state index contributed by atoms with van der Waals surface area (Å²) in [5.41, 5.74) is 0.930. The van der Waals surface area contributed by atoms with Gasteiger partial charge in [-0.2, -0.15) is 0 Å². The molecule has 0 aromatic heterocycles. The van der Waals surface area contributed by atoms with Gasteiger partial charge in [0, 0.05) is 5.56 Å². The second-order valence-corrected chi connectivity index (χ2v) is 8.83. The fraction of sp³-hybridized carbons (Fsp3) is 0.120. The minimum absolute atomic E-state index is 0.0328. The van der Waals surface area contributed by atoms with E-state index < -0.39 is 22.1 Å². The summed E-state index contributed by atoms with van der Waals surface area (Å²) in [6.45, 7) is 5.18. The van der Waals surface area contributed by atoms with Crippen molar-refractivity contribution in [3.63, 3.8) is 0 Å². The molecule has 0 aliphatic rings. The predicted octanol–water partition coefficient (Wildman–Crippen LogP) is 4.50. The normalized spacial score (nSPS) is 11.9. The number of nitrogens with zero attached hydrogens (tertiary/aromatic N) is 1. The molecule has 0 fully saturated rings. The molecule has 0 unspecified atom stereocenters. The van der Waals surface area contributed by atoms with Gasteiger partial charge in [-0.25, -0.2) is 13.2 Å². The lowest BCUT2D eigenvalue weighted by Gasteiger charge is -2.23. The number of carbonyl (C=O) groups is 2. The smallest absolute Gasteiger partial charge is 0.338 e. The van der Waals surface area contributed by atoms with E-state index in [2.05, 4.69) is 6.58 Å². The standard InChI is InChI=1S/C25H23NO5S/c1-3-17-26(22-14-8-5-9-15-22)32(29,30)23-16-10-13-21(18-23)25(28)31-19(2)24(27)20-11-6-4-7-12-20/h3-16,18-19H,1,17H2,2H3/t19-/m0/s1. The molecule has 0 bridgehead atoms. The van der Waals surface area contributed by atoms with Gasteiger partial charge < -0.3 is 4.74 Å². The third-order valence-electron chi connectivity index (χ3n) is 4.71. The SMILES string of the molecule is C=CCN(c1ccccc1)S(=O)(=O)c1cccc(C(=O)O[C@@H](C)C(=O)c2ccccc2)c1. The molecule has 7 heteroatoms. The first-order valence-corrected chi connectivity index (χ1v) is 11.4. The van der Waals surface area contributed by atoms with Crippen molar-refractivity contribution in [1.82, 2.24) is 0 Å². The van der Waals surface area contributed by atoms with Gasteiger partial charge in [-0.15, -0.1) is 6.58 Å². The summed E-state index contributed by atoms with van der Waals surface area (Å²) < 4.78 is 33.1. The van der Waals surface area contributed by atoms with Crippen molar-refractivity contribution in [1.29, 1.82) is 0 Å². The number of hydrogen-bond donors (Lipinski definition) is 0. The van der Waals surface area contributed by atoms with Crippen LogP contribution in [0.2, 0.25) is 0 Å². The summed E-state index contributed by atoms with van der Waals surface area (Å²) in [6, 6.07) is 22.7. The summed E-state index contributed by atoms with van der Waals surface area (Å²) in [6.07, 6.45) is 0.464. The summed E-state index contributed by atoms with van der Waals surface area (Å²) in [5, 5.41) is 0. The van der Waals surface area contributed by atoms with Gasteiger partial charge in [0.15, 0.2) is 6.10 Å². The summed E-state index contributed by atoms with van der Waals surface area (Å²) >= 11 is 0. The zero-order chi connectivity index (χ0) is 23.1. The highest BCUT2D eigenvalue weighted by molar-refractivity contribution is 7.92. The zero-order valence-corrected chi connectivity index (χ0v) is 18.4. The largest absolute Gasteiger partial charge is 0.451 e. The molecule has 0 heterocycles. The predicted molar refractivity (Wildman–Crippen MR) is 123 cm³/mol. The topological polar surface area (TPSA) is 80.8 Å². The van der Waals surface area contributed by atoms with Gasteiger partial charge >= 0.3 is 5.97 Å². The summed E-state index contributed by atoms with van der Waals surface area (Å²) in [7, 11) is -3.97. The Morgan fingerprint density at radius 2 is 1.53 bits per heavy atom. The van der Waals surface area contributed by atoms with Gasteiger partial charge in [-0.1, -0.05) is 60.7 Å². The molecule has 3 aromatic carbocycles. The lowest BCUT2D eigenvalue weighted by atomic mass is 10.1. The molecule has 0 N–H and O–H groups in total. The Kier molecular flexibility index (Phi) is 7.22. The summed E-state index contributed by atoms with van der Waals surface area (Å²) in [4.78, 5) is 25.0. The highest BCUT2D eigenvalue weighted by Gasteiger charge is 2.26. The monoisotopic (exact) mass is 449 g/mol. The number of sulfonamides is 1. The minimum Gasteiger partial charge on any atom is -0.451 e.